The summed E-state index contributed by atoms with van der Waals surface area (Å²) in [5.74, 6) is 0.898. The number of halogens is 1. The van der Waals surface area contributed by atoms with Gasteiger partial charge in [0.2, 0.25) is 0 Å². The van der Waals surface area contributed by atoms with Crippen LogP contribution in [0.1, 0.15) is 59.1 Å². The third-order valence-corrected chi connectivity index (χ3v) is 4.21. The molecule has 0 saturated carbocycles. The van der Waals surface area contributed by atoms with Crippen molar-refractivity contribution in [3.05, 3.63) is 65.7 Å². The van der Waals surface area contributed by atoms with E-state index < -0.39 is 0 Å². The molecule has 130 valence electrons. The molecule has 24 heavy (non-hydrogen) atoms. The van der Waals surface area contributed by atoms with Gasteiger partial charge in [0.1, 0.15) is 11.4 Å². The molecule has 0 aromatic heterocycles. The summed E-state index contributed by atoms with van der Waals surface area (Å²) in [6.07, 6.45) is 0.977. The van der Waals surface area contributed by atoms with E-state index in [0.29, 0.717) is 0 Å². The summed E-state index contributed by atoms with van der Waals surface area (Å²) in [6, 6.07) is 18.8. The van der Waals surface area contributed by atoms with E-state index >= 15 is 0 Å². The smallest absolute Gasteiger partial charge is 0.120 e. The molecule has 1 nitrogen and oxygen atoms in total. The third-order valence-electron chi connectivity index (χ3n) is 3.27. The molecule has 2 aromatic rings. The molecular formula is C22H29BrO. The molecule has 0 heterocycles. The van der Waals surface area contributed by atoms with Gasteiger partial charge in [-0.3, -0.25) is 0 Å². The molecule has 0 fully saturated rings. The minimum absolute atomic E-state index is 0.173. The molecular weight excluding hydrogens is 360 g/mol. The van der Waals surface area contributed by atoms with Crippen molar-refractivity contribution in [3.63, 3.8) is 0 Å². The predicted molar refractivity (Wildman–Crippen MR) is 111 cm³/mol. The Labute approximate surface area is 155 Å². The highest BCUT2D eigenvalue weighted by molar-refractivity contribution is 9.15. The van der Waals surface area contributed by atoms with Crippen molar-refractivity contribution in [2.45, 2.75) is 53.6 Å². The molecule has 2 heteroatoms. The van der Waals surface area contributed by atoms with Crippen molar-refractivity contribution in [1.29, 1.82) is 0 Å². The van der Waals surface area contributed by atoms with Crippen molar-refractivity contribution < 1.29 is 4.74 Å². The van der Waals surface area contributed by atoms with E-state index in [0.717, 1.165) is 16.7 Å². The van der Waals surface area contributed by atoms with Crippen LogP contribution in [0.3, 0.4) is 0 Å². The van der Waals surface area contributed by atoms with Gasteiger partial charge in [0.25, 0.3) is 0 Å². The zero-order chi connectivity index (χ0) is 18.2. The Balaban J connectivity index is 0.00000139. The van der Waals surface area contributed by atoms with Crippen LogP contribution in [0.15, 0.2) is 54.6 Å². The highest BCUT2D eigenvalue weighted by atomic mass is 79.9. The maximum atomic E-state index is 5.88. The lowest BCUT2D eigenvalue weighted by Gasteiger charge is -2.21. The van der Waals surface area contributed by atoms with Crippen molar-refractivity contribution in [3.8, 4) is 5.75 Å². The Hall–Kier alpha value is -1.54. The van der Waals surface area contributed by atoms with Crippen LogP contribution in [-0.2, 0) is 0 Å². The van der Waals surface area contributed by atoms with Gasteiger partial charge < -0.3 is 4.74 Å². The predicted octanol–water partition coefficient (Wildman–Crippen LogP) is 7.56. The summed E-state index contributed by atoms with van der Waals surface area (Å²) >= 11 is 3.77. The van der Waals surface area contributed by atoms with Crippen molar-refractivity contribution in [2.75, 3.05) is 0 Å². The van der Waals surface area contributed by atoms with E-state index in [2.05, 4.69) is 80.0 Å². The Morgan fingerprint density at radius 1 is 0.875 bits per heavy atom. The number of hydrogen-bond donors (Lipinski definition) is 0. The average molecular weight is 389 g/mol. The largest absolute Gasteiger partial charge is 0.488 e. The lowest BCUT2D eigenvalue weighted by molar-refractivity contribution is 0.131. The summed E-state index contributed by atoms with van der Waals surface area (Å²) in [6.45, 7) is 12.4. The minimum Gasteiger partial charge on any atom is -0.488 e. The van der Waals surface area contributed by atoms with Crippen LogP contribution in [0.5, 0.6) is 5.75 Å². The molecule has 0 amide bonds. The first-order chi connectivity index (χ1) is 11.4. The molecule has 0 aliphatic heterocycles. The summed E-state index contributed by atoms with van der Waals surface area (Å²) < 4.78 is 7.02. The van der Waals surface area contributed by atoms with Gasteiger partial charge in [-0.25, -0.2) is 0 Å². The van der Waals surface area contributed by atoms with E-state index in [4.69, 9.17) is 4.74 Å². The van der Waals surface area contributed by atoms with Crippen LogP contribution in [0.2, 0.25) is 0 Å². The standard InChI is InChI=1S/C20H23BrO.C2H6/c1-5-18(15-9-7-6-8-10-15)19(21)16-11-13-17(14-12-16)22-20(2,3)4;1-2/h6-14H,5H2,1-4H3;1-2H3/b19-18+;. The fourth-order valence-corrected chi connectivity index (χ4v) is 3.10. The molecule has 0 bridgehead atoms. The van der Waals surface area contributed by atoms with Crippen LogP contribution in [-0.4, -0.2) is 5.60 Å². The van der Waals surface area contributed by atoms with Gasteiger partial charge in [0, 0.05) is 4.48 Å². The second kappa shape index (κ2) is 9.68. The van der Waals surface area contributed by atoms with Crippen molar-refractivity contribution >= 4 is 26.0 Å². The number of benzene rings is 2. The molecule has 0 aliphatic carbocycles. The zero-order valence-electron chi connectivity index (χ0n) is 15.7. The molecule has 2 aromatic carbocycles. The van der Waals surface area contributed by atoms with Crippen molar-refractivity contribution in [1.82, 2.24) is 0 Å². The molecule has 0 N–H and O–H groups in total. The lowest BCUT2D eigenvalue weighted by atomic mass is 10.0. The zero-order valence-corrected chi connectivity index (χ0v) is 17.3. The SMILES string of the molecule is CC.CC/C(=C(\Br)c1ccc(OC(C)(C)C)cc1)c1ccccc1. The van der Waals surface area contributed by atoms with Crippen LogP contribution >= 0.6 is 15.9 Å². The van der Waals surface area contributed by atoms with Gasteiger partial charge in [0.05, 0.1) is 0 Å². The molecule has 0 radical (unpaired) electrons. The first kappa shape index (κ1) is 20.5. The Morgan fingerprint density at radius 3 is 1.88 bits per heavy atom. The fourth-order valence-electron chi connectivity index (χ4n) is 2.32. The highest BCUT2D eigenvalue weighted by Gasteiger charge is 2.12. The van der Waals surface area contributed by atoms with E-state index in [1.165, 1.54) is 16.7 Å². The molecule has 0 saturated heterocycles. The first-order valence-electron chi connectivity index (χ1n) is 8.64. The molecule has 0 aliphatic rings. The van der Waals surface area contributed by atoms with Gasteiger partial charge in [-0.15, -0.1) is 0 Å². The first-order valence-corrected chi connectivity index (χ1v) is 9.43. The lowest BCUT2D eigenvalue weighted by Crippen LogP contribution is -2.22. The second-order valence-corrected chi connectivity index (χ2v) is 7.04. The third kappa shape index (κ3) is 6.16. The Bertz CT molecular complexity index is 634. The Morgan fingerprint density at radius 2 is 1.42 bits per heavy atom. The maximum absolute atomic E-state index is 5.88. The summed E-state index contributed by atoms with van der Waals surface area (Å²) in [5.41, 5.74) is 3.56. The number of rotatable bonds is 4. The van der Waals surface area contributed by atoms with Crippen LogP contribution in [0.25, 0.3) is 10.1 Å². The number of hydrogen-bond acceptors (Lipinski definition) is 1. The van der Waals surface area contributed by atoms with E-state index in [1.54, 1.807) is 0 Å². The maximum Gasteiger partial charge on any atom is 0.120 e. The summed E-state index contributed by atoms with van der Waals surface area (Å²) in [7, 11) is 0. The summed E-state index contributed by atoms with van der Waals surface area (Å²) in [5, 5.41) is 0. The van der Waals surface area contributed by atoms with E-state index in [1.807, 2.05) is 32.0 Å². The van der Waals surface area contributed by atoms with Gasteiger partial charge in [0.15, 0.2) is 0 Å². The molecule has 2 rings (SSSR count). The Kier molecular flexibility index (Phi) is 8.27. The summed E-state index contributed by atoms with van der Waals surface area (Å²) in [4.78, 5) is 0. The van der Waals surface area contributed by atoms with E-state index in [9.17, 15) is 0 Å². The average Bonchev–Trinajstić information content (AvgIpc) is 2.57. The van der Waals surface area contributed by atoms with E-state index in [-0.39, 0.29) is 5.60 Å². The fraction of sp³-hybridized carbons (Fsp3) is 0.364. The molecule has 0 unspecified atom stereocenters. The molecule has 0 atom stereocenters. The van der Waals surface area contributed by atoms with Crippen LogP contribution in [0, 0.1) is 0 Å². The number of ether oxygens (including phenoxy) is 1. The number of allylic oxidation sites excluding steroid dienone is 1. The normalized spacial score (nSPS) is 12.0. The minimum atomic E-state index is -0.173. The quantitative estimate of drug-likeness (QED) is 0.490. The highest BCUT2D eigenvalue weighted by Crippen LogP contribution is 2.34. The van der Waals surface area contributed by atoms with Crippen LogP contribution < -0.4 is 4.74 Å². The molecule has 0 spiro atoms. The van der Waals surface area contributed by atoms with Crippen LogP contribution in [0.4, 0.5) is 0 Å². The topological polar surface area (TPSA) is 9.23 Å². The van der Waals surface area contributed by atoms with Gasteiger partial charge in [-0.1, -0.05) is 63.2 Å². The van der Waals surface area contributed by atoms with Crippen molar-refractivity contribution in [2.24, 2.45) is 0 Å². The monoisotopic (exact) mass is 388 g/mol. The van der Waals surface area contributed by atoms with Gasteiger partial charge in [-0.05, 0) is 72.0 Å². The van der Waals surface area contributed by atoms with Gasteiger partial charge in [-0.2, -0.15) is 0 Å². The second-order valence-electron chi connectivity index (χ2n) is 6.25. The van der Waals surface area contributed by atoms with Gasteiger partial charge >= 0.3 is 0 Å².